The lowest BCUT2D eigenvalue weighted by atomic mass is 10.0. The maximum Gasteiger partial charge on any atom is 0.135 e. The summed E-state index contributed by atoms with van der Waals surface area (Å²) in [5, 5.41) is 0. The van der Waals surface area contributed by atoms with Gasteiger partial charge in [0.25, 0.3) is 0 Å². The minimum absolute atomic E-state index is 0. The van der Waals surface area contributed by atoms with Gasteiger partial charge in [-0.15, -0.1) is 0 Å². The molecule has 0 aliphatic carbocycles. The molecule has 0 N–H and O–H groups in total. The number of unbranched alkanes of at least 4 members (excludes halogenated alkanes) is 17. The summed E-state index contributed by atoms with van der Waals surface area (Å²) in [6.45, 7) is 13.2. The summed E-state index contributed by atoms with van der Waals surface area (Å²) in [6.07, 6.45) is 28.7. The van der Waals surface area contributed by atoms with Gasteiger partial charge in [-0.25, -0.2) is 0 Å². The second-order valence-electron chi connectivity index (χ2n) is 11.1. The summed E-state index contributed by atoms with van der Waals surface area (Å²) in [7, 11) is 0. The molecule has 0 saturated carbocycles. The van der Waals surface area contributed by atoms with Gasteiger partial charge in [0.15, 0.2) is 0 Å². The van der Waals surface area contributed by atoms with Crippen LogP contribution in [0.5, 0.6) is 0 Å². The van der Waals surface area contributed by atoms with Crippen molar-refractivity contribution in [1.29, 1.82) is 0 Å². The van der Waals surface area contributed by atoms with Gasteiger partial charge in [-0.05, 0) is 38.7 Å². The van der Waals surface area contributed by atoms with E-state index in [2.05, 4.69) is 52.0 Å². The highest BCUT2D eigenvalue weighted by atomic mass is 35.5. The van der Waals surface area contributed by atoms with Crippen LogP contribution in [-0.4, -0.2) is 19.6 Å². The molecule has 0 fully saturated rings. The summed E-state index contributed by atoms with van der Waals surface area (Å²) >= 11 is 0. The molecule has 2 heteroatoms. The van der Waals surface area contributed by atoms with Gasteiger partial charge in [0, 0.05) is 5.56 Å². The highest BCUT2D eigenvalue weighted by molar-refractivity contribution is 5.50. The van der Waals surface area contributed by atoms with E-state index >= 15 is 0 Å². The molecule has 0 bridgehead atoms. The number of aryl methyl sites for hydroxylation is 1. The summed E-state index contributed by atoms with van der Waals surface area (Å²) in [4.78, 5) is 0. The third-order valence-electron chi connectivity index (χ3n) is 7.87. The normalized spacial score (nSPS) is 11.5. The first kappa shape index (κ1) is 34.5. The van der Waals surface area contributed by atoms with Crippen LogP contribution < -0.4 is 16.9 Å². The molecule has 1 nitrogen and oxygen atoms in total. The van der Waals surface area contributed by atoms with E-state index in [1.54, 1.807) is 5.69 Å². The molecule has 1 aromatic carbocycles. The Morgan fingerprint density at radius 3 is 1.20 bits per heavy atom. The van der Waals surface area contributed by atoms with Gasteiger partial charge in [-0.3, -0.25) is 4.48 Å². The zero-order chi connectivity index (χ0) is 24.7. The first-order valence-corrected chi connectivity index (χ1v) is 15.6. The zero-order valence-corrected chi connectivity index (χ0v) is 25.2. The van der Waals surface area contributed by atoms with E-state index in [1.165, 1.54) is 158 Å². The molecule has 0 saturated heterocycles. The highest BCUT2D eigenvalue weighted by Crippen LogP contribution is 2.29. The van der Waals surface area contributed by atoms with Gasteiger partial charge in [0.1, 0.15) is 5.69 Å². The largest absolute Gasteiger partial charge is 1.00 e. The number of hydrogen-bond donors (Lipinski definition) is 0. The lowest BCUT2D eigenvalue weighted by molar-refractivity contribution is -0.00000760. The molecule has 0 aliphatic heterocycles. The van der Waals surface area contributed by atoms with Crippen LogP contribution in [0.15, 0.2) is 24.3 Å². The molecule has 35 heavy (non-hydrogen) atoms. The van der Waals surface area contributed by atoms with Crippen molar-refractivity contribution in [2.75, 3.05) is 19.6 Å². The Kier molecular flexibility index (Phi) is 23.5. The number of benzene rings is 1. The Morgan fingerprint density at radius 2 is 0.829 bits per heavy atom. The van der Waals surface area contributed by atoms with Crippen molar-refractivity contribution in [1.82, 2.24) is 4.48 Å². The van der Waals surface area contributed by atoms with Crippen LogP contribution in [0.1, 0.15) is 155 Å². The Bertz CT molecular complexity index is 564. The quantitative estimate of drug-likeness (QED) is 0.0977. The van der Waals surface area contributed by atoms with Gasteiger partial charge >= 0.3 is 0 Å². The summed E-state index contributed by atoms with van der Waals surface area (Å²) in [6, 6.07) is 9.15. The monoisotopic (exact) mass is 507 g/mol. The van der Waals surface area contributed by atoms with Crippen molar-refractivity contribution in [2.24, 2.45) is 0 Å². The summed E-state index contributed by atoms with van der Waals surface area (Å²) in [5.41, 5.74) is 3.06. The lowest BCUT2D eigenvalue weighted by Crippen LogP contribution is -3.00. The second-order valence-corrected chi connectivity index (χ2v) is 11.1. The van der Waals surface area contributed by atoms with E-state index in [-0.39, 0.29) is 12.4 Å². The number of para-hydroxylation sites is 1. The standard InChI is InChI=1S/C33H62N.ClH/c1-5-8-9-10-11-12-13-14-15-16-17-18-19-20-21-22-23-26-31-34(29-6-2,30-7-3)33-28-25-24-27-32(33)4;/h24-25,27-28H,5-23,26,29-31H2,1-4H3;1H/q+1;/p-1. The van der Waals surface area contributed by atoms with Crippen molar-refractivity contribution in [3.05, 3.63) is 29.8 Å². The van der Waals surface area contributed by atoms with Crippen LogP contribution in [0.2, 0.25) is 0 Å². The van der Waals surface area contributed by atoms with Gasteiger partial charge < -0.3 is 12.4 Å². The molecule has 0 heterocycles. The Balaban J connectivity index is 0.0000116. The van der Waals surface area contributed by atoms with E-state index in [1.807, 2.05) is 0 Å². The van der Waals surface area contributed by atoms with Crippen molar-refractivity contribution in [2.45, 2.75) is 156 Å². The molecule has 0 amide bonds. The molecule has 1 aromatic rings. The smallest absolute Gasteiger partial charge is 0.135 e. The predicted octanol–water partition coefficient (Wildman–Crippen LogP) is 8.17. The maximum atomic E-state index is 2.40. The Hall–Kier alpha value is -0.530. The molecule has 0 aliphatic rings. The minimum Gasteiger partial charge on any atom is -1.00 e. The molecule has 206 valence electrons. The SMILES string of the molecule is CCCCCCCCCCCCCCCCCCCC[N+](CCC)(CCC)c1ccccc1C.[Cl-]. The van der Waals surface area contributed by atoms with Crippen LogP contribution >= 0.6 is 0 Å². The molecule has 0 aromatic heterocycles. The molecule has 1 rings (SSSR count). The first-order valence-electron chi connectivity index (χ1n) is 15.6. The Labute approximate surface area is 227 Å². The van der Waals surface area contributed by atoms with Crippen LogP contribution in [0.25, 0.3) is 0 Å². The average molecular weight is 508 g/mol. The van der Waals surface area contributed by atoms with E-state index in [4.69, 9.17) is 0 Å². The third-order valence-corrected chi connectivity index (χ3v) is 7.87. The van der Waals surface area contributed by atoms with E-state index in [9.17, 15) is 0 Å². The molecular formula is C33H62ClN. The predicted molar refractivity (Wildman–Crippen MR) is 157 cm³/mol. The second kappa shape index (κ2) is 23.8. The van der Waals surface area contributed by atoms with Crippen molar-refractivity contribution < 1.29 is 12.4 Å². The number of quaternary nitrogens is 1. The van der Waals surface area contributed by atoms with Gasteiger partial charge in [0.2, 0.25) is 0 Å². The number of nitrogens with zero attached hydrogens (tertiary/aromatic N) is 1. The fourth-order valence-corrected chi connectivity index (χ4v) is 5.96. The number of halogens is 1. The number of hydrogen-bond acceptors (Lipinski definition) is 0. The van der Waals surface area contributed by atoms with Crippen molar-refractivity contribution in [3.8, 4) is 0 Å². The van der Waals surface area contributed by atoms with Gasteiger partial charge in [0.05, 0.1) is 19.6 Å². The molecule has 0 spiro atoms. The van der Waals surface area contributed by atoms with Crippen LogP contribution in [0.4, 0.5) is 5.69 Å². The number of rotatable bonds is 24. The van der Waals surface area contributed by atoms with Crippen molar-refractivity contribution in [3.63, 3.8) is 0 Å². The van der Waals surface area contributed by atoms with E-state index < -0.39 is 0 Å². The molecule has 0 atom stereocenters. The minimum atomic E-state index is 0. The zero-order valence-electron chi connectivity index (χ0n) is 24.4. The Morgan fingerprint density at radius 1 is 0.457 bits per heavy atom. The average Bonchev–Trinajstić information content (AvgIpc) is 2.83. The van der Waals surface area contributed by atoms with Crippen LogP contribution in [-0.2, 0) is 0 Å². The highest BCUT2D eigenvalue weighted by Gasteiger charge is 2.29. The summed E-state index contributed by atoms with van der Waals surface area (Å²) < 4.78 is 1.21. The fourth-order valence-electron chi connectivity index (χ4n) is 5.96. The molecule has 0 unspecified atom stereocenters. The summed E-state index contributed by atoms with van der Waals surface area (Å²) in [5.74, 6) is 0. The molecular weight excluding hydrogens is 446 g/mol. The topological polar surface area (TPSA) is 0 Å². The third kappa shape index (κ3) is 16.0. The van der Waals surface area contributed by atoms with Crippen molar-refractivity contribution >= 4 is 5.69 Å². The van der Waals surface area contributed by atoms with E-state index in [0.29, 0.717) is 0 Å². The van der Waals surface area contributed by atoms with Crippen LogP contribution in [0.3, 0.4) is 0 Å². The first-order chi connectivity index (χ1) is 16.7. The lowest BCUT2D eigenvalue weighted by Gasteiger charge is -2.39. The van der Waals surface area contributed by atoms with Gasteiger partial charge in [-0.2, -0.15) is 0 Å². The fraction of sp³-hybridized carbons (Fsp3) is 0.818. The van der Waals surface area contributed by atoms with Gasteiger partial charge in [-0.1, -0.05) is 142 Å². The van der Waals surface area contributed by atoms with Crippen LogP contribution in [0, 0.1) is 6.92 Å². The molecule has 0 radical (unpaired) electrons. The van der Waals surface area contributed by atoms with E-state index in [0.717, 1.165) is 0 Å². The maximum absolute atomic E-state index is 2.40.